The third kappa shape index (κ3) is 5.76. The monoisotopic (exact) mass is 572 g/mol. The molecule has 4 rings (SSSR count). The van der Waals surface area contributed by atoms with Crippen LogP contribution in [0.15, 0.2) is 40.9 Å². The Kier molecular flexibility index (Phi) is 6.78. The summed E-state index contributed by atoms with van der Waals surface area (Å²) >= 11 is 8.98. The van der Waals surface area contributed by atoms with Crippen LogP contribution in [0.2, 0.25) is 5.02 Å². The Balaban J connectivity index is 1.57. The number of amides is 1. The van der Waals surface area contributed by atoms with Crippen LogP contribution < -0.4 is 10.1 Å². The number of rotatable bonds is 7. The van der Waals surface area contributed by atoms with Crippen LogP contribution in [0.1, 0.15) is 35.7 Å². The van der Waals surface area contributed by atoms with E-state index in [-0.39, 0.29) is 27.5 Å². The van der Waals surface area contributed by atoms with Crippen molar-refractivity contribution in [2.45, 2.75) is 38.4 Å². The first kappa shape index (κ1) is 25.0. The van der Waals surface area contributed by atoms with Gasteiger partial charge in [-0.1, -0.05) is 11.6 Å². The highest BCUT2D eigenvalue weighted by atomic mass is 79.9. The summed E-state index contributed by atoms with van der Waals surface area (Å²) in [6.07, 6.45) is -3.30. The van der Waals surface area contributed by atoms with Crippen molar-refractivity contribution >= 4 is 44.8 Å². The highest BCUT2D eigenvalue weighted by Gasteiger charge is 2.42. The third-order valence-corrected chi connectivity index (χ3v) is 6.41. The zero-order valence-corrected chi connectivity index (χ0v) is 20.4. The predicted octanol–water partition coefficient (Wildman–Crippen LogP) is 6.84. The molecule has 0 atom stereocenters. The Bertz CT molecular complexity index is 1320. The van der Waals surface area contributed by atoms with Crippen LogP contribution in [-0.2, 0) is 17.5 Å². The molecule has 13 heteroatoms. The zero-order chi connectivity index (χ0) is 25.5. The molecule has 2 aromatic carbocycles. The average Bonchev–Trinajstić information content (AvgIpc) is 3.53. The Morgan fingerprint density at radius 1 is 1.29 bits per heavy atom. The van der Waals surface area contributed by atoms with E-state index in [9.17, 15) is 28.1 Å². The summed E-state index contributed by atoms with van der Waals surface area (Å²) < 4.78 is 46.5. The van der Waals surface area contributed by atoms with Gasteiger partial charge in [0.1, 0.15) is 18.0 Å². The maximum absolute atomic E-state index is 13.3. The number of nitrogens with zero attached hydrogens (tertiary/aromatic N) is 3. The number of nitro groups is 1. The molecule has 1 aliphatic rings. The molecule has 0 unspecified atom stereocenters. The normalized spacial score (nSPS) is 13.5. The maximum Gasteiger partial charge on any atom is 0.436 e. The minimum absolute atomic E-state index is 0.0418. The Morgan fingerprint density at radius 3 is 2.60 bits per heavy atom. The number of hydrogen-bond donors (Lipinski definition) is 1. The van der Waals surface area contributed by atoms with Gasteiger partial charge in [-0.15, -0.1) is 0 Å². The van der Waals surface area contributed by atoms with Crippen molar-refractivity contribution in [1.29, 1.82) is 0 Å². The molecule has 8 nitrogen and oxygen atoms in total. The van der Waals surface area contributed by atoms with Gasteiger partial charge < -0.3 is 10.1 Å². The highest BCUT2D eigenvalue weighted by Crippen LogP contribution is 2.47. The number of benzene rings is 2. The second kappa shape index (κ2) is 9.50. The van der Waals surface area contributed by atoms with Gasteiger partial charge in [0, 0.05) is 23.1 Å². The molecule has 0 saturated heterocycles. The van der Waals surface area contributed by atoms with Crippen LogP contribution in [0.4, 0.5) is 24.5 Å². The summed E-state index contributed by atoms with van der Waals surface area (Å²) in [5.41, 5.74) is -0.369. The Labute approximate surface area is 210 Å². The number of ether oxygens (including phenoxy) is 1. The minimum Gasteiger partial charge on any atom is -0.457 e. The standard InChI is InChI=1S/C22H17BrClF3N4O4/c1-11-6-15(4-5-17(11)24)35-16-8-13(7-14(9-16)31(33)34)28-18(32)10-30-20(12-2-3-12)19(23)21(29-30)22(25,26)27/h4-9,12H,2-3,10H2,1H3,(H,28,32). The number of aryl methyl sites for hydroxylation is 1. The van der Waals surface area contributed by atoms with Crippen molar-refractivity contribution in [2.24, 2.45) is 0 Å². The van der Waals surface area contributed by atoms with Gasteiger partial charge in [-0.2, -0.15) is 18.3 Å². The van der Waals surface area contributed by atoms with Gasteiger partial charge in [0.2, 0.25) is 5.91 Å². The number of nitrogens with one attached hydrogen (secondary N) is 1. The third-order valence-electron chi connectivity index (χ3n) is 5.21. The van der Waals surface area contributed by atoms with E-state index < -0.39 is 29.2 Å². The van der Waals surface area contributed by atoms with Crippen molar-refractivity contribution < 1.29 is 27.6 Å². The first-order chi connectivity index (χ1) is 16.4. The molecular weight excluding hydrogens is 557 g/mol. The summed E-state index contributed by atoms with van der Waals surface area (Å²) in [7, 11) is 0. The van der Waals surface area contributed by atoms with Crippen molar-refractivity contribution in [3.63, 3.8) is 0 Å². The van der Waals surface area contributed by atoms with E-state index in [0.29, 0.717) is 29.3 Å². The molecule has 1 heterocycles. The van der Waals surface area contributed by atoms with E-state index in [1.165, 1.54) is 12.1 Å². The topological polar surface area (TPSA) is 99.3 Å². The molecule has 1 aromatic heterocycles. The number of aromatic nitrogens is 2. The van der Waals surface area contributed by atoms with Crippen LogP contribution in [-0.4, -0.2) is 20.6 Å². The number of anilines is 1. The lowest BCUT2D eigenvalue weighted by molar-refractivity contribution is -0.384. The van der Waals surface area contributed by atoms with Crippen LogP contribution in [0.5, 0.6) is 11.5 Å². The first-order valence-corrected chi connectivity index (χ1v) is 11.5. The van der Waals surface area contributed by atoms with Gasteiger partial charge in [0.15, 0.2) is 5.69 Å². The molecule has 1 amide bonds. The van der Waals surface area contributed by atoms with Crippen molar-refractivity contribution in [1.82, 2.24) is 9.78 Å². The Morgan fingerprint density at radius 2 is 2.00 bits per heavy atom. The smallest absolute Gasteiger partial charge is 0.436 e. The highest BCUT2D eigenvalue weighted by molar-refractivity contribution is 9.10. The SMILES string of the molecule is Cc1cc(Oc2cc(NC(=O)Cn3nc(C(F)(F)F)c(Br)c3C3CC3)cc([N+](=O)[O-])c2)ccc1Cl. The summed E-state index contributed by atoms with van der Waals surface area (Å²) in [6, 6.07) is 8.52. The van der Waals surface area contributed by atoms with Gasteiger partial charge in [-0.3, -0.25) is 19.6 Å². The predicted molar refractivity (Wildman–Crippen MR) is 125 cm³/mol. The minimum atomic E-state index is -4.68. The quantitative estimate of drug-likeness (QED) is 0.246. The molecule has 35 heavy (non-hydrogen) atoms. The van der Waals surface area contributed by atoms with Crippen LogP contribution >= 0.6 is 27.5 Å². The van der Waals surface area contributed by atoms with Crippen LogP contribution in [0, 0.1) is 17.0 Å². The van der Waals surface area contributed by atoms with Crippen molar-refractivity contribution in [3.8, 4) is 11.5 Å². The molecule has 184 valence electrons. The number of halogens is 5. The van der Waals surface area contributed by atoms with E-state index in [1.807, 2.05) is 0 Å². The summed E-state index contributed by atoms with van der Waals surface area (Å²) in [4.78, 5) is 23.4. The first-order valence-electron chi connectivity index (χ1n) is 10.3. The molecule has 1 fully saturated rings. The summed E-state index contributed by atoms with van der Waals surface area (Å²) in [5, 5.41) is 18.0. The lowest BCUT2D eigenvalue weighted by Crippen LogP contribution is -2.21. The molecule has 3 aromatic rings. The van der Waals surface area contributed by atoms with Crippen molar-refractivity contribution in [3.05, 3.63) is 73.0 Å². The molecule has 1 saturated carbocycles. The molecule has 0 spiro atoms. The van der Waals surface area contributed by atoms with E-state index in [1.54, 1.807) is 25.1 Å². The fraction of sp³-hybridized carbons (Fsp3) is 0.273. The number of hydrogen-bond acceptors (Lipinski definition) is 5. The molecule has 0 aliphatic heterocycles. The maximum atomic E-state index is 13.3. The van der Waals surface area contributed by atoms with E-state index in [0.717, 1.165) is 16.3 Å². The summed E-state index contributed by atoms with van der Waals surface area (Å²) in [5.74, 6) is -0.373. The van der Waals surface area contributed by atoms with Gasteiger partial charge in [-0.25, -0.2) is 0 Å². The number of carbonyl (C=O) groups excluding carboxylic acids is 1. The number of nitro benzene ring substituents is 1. The van der Waals surface area contributed by atoms with Crippen LogP contribution in [0.25, 0.3) is 0 Å². The number of alkyl halides is 3. The van der Waals surface area contributed by atoms with E-state index in [4.69, 9.17) is 16.3 Å². The second-order valence-corrected chi connectivity index (χ2v) is 9.21. The lowest BCUT2D eigenvalue weighted by atomic mass is 10.2. The fourth-order valence-corrected chi connectivity index (χ4v) is 4.42. The second-order valence-electron chi connectivity index (χ2n) is 8.01. The molecule has 1 N–H and O–H groups in total. The number of carbonyl (C=O) groups is 1. The van der Waals surface area contributed by atoms with Gasteiger partial charge in [0.05, 0.1) is 26.8 Å². The van der Waals surface area contributed by atoms with E-state index >= 15 is 0 Å². The van der Waals surface area contributed by atoms with Gasteiger partial charge in [-0.05, 0) is 59.5 Å². The fourth-order valence-electron chi connectivity index (χ4n) is 3.47. The average molecular weight is 574 g/mol. The largest absolute Gasteiger partial charge is 0.457 e. The van der Waals surface area contributed by atoms with E-state index in [2.05, 4.69) is 26.3 Å². The Hall–Kier alpha value is -3.12. The van der Waals surface area contributed by atoms with Gasteiger partial charge in [0.25, 0.3) is 5.69 Å². The molecule has 1 aliphatic carbocycles. The van der Waals surface area contributed by atoms with Crippen LogP contribution in [0.3, 0.4) is 0 Å². The van der Waals surface area contributed by atoms with Crippen molar-refractivity contribution in [2.75, 3.05) is 5.32 Å². The molecule has 0 bridgehead atoms. The molecule has 0 radical (unpaired) electrons. The van der Waals surface area contributed by atoms with Gasteiger partial charge >= 0.3 is 6.18 Å². The zero-order valence-electron chi connectivity index (χ0n) is 18.0. The molecular formula is C22H17BrClF3N4O4. The lowest BCUT2D eigenvalue weighted by Gasteiger charge is -2.11. The summed E-state index contributed by atoms with van der Waals surface area (Å²) in [6.45, 7) is 1.26. The number of non-ortho nitro benzene ring substituents is 1.